The summed E-state index contributed by atoms with van der Waals surface area (Å²) >= 11 is 11.5. The highest BCUT2D eigenvalue weighted by Gasteiger charge is 2.15. The molecule has 0 fully saturated rings. The van der Waals surface area contributed by atoms with Gasteiger partial charge in [-0.25, -0.2) is 15.0 Å². The fraction of sp³-hybridized carbons (Fsp3) is 0.214. The highest BCUT2D eigenvalue weighted by atomic mass is 79.9. The fourth-order valence-corrected chi connectivity index (χ4v) is 3.87. The van der Waals surface area contributed by atoms with Gasteiger partial charge in [0.1, 0.15) is 5.15 Å². The minimum Gasteiger partial charge on any atom is -0.246 e. The summed E-state index contributed by atoms with van der Waals surface area (Å²) in [6.07, 6.45) is 0. The second-order valence-electron chi connectivity index (χ2n) is 4.63. The number of hydrogen-bond donors (Lipinski definition) is 0. The van der Waals surface area contributed by atoms with Crippen molar-refractivity contribution in [2.24, 2.45) is 0 Å². The van der Waals surface area contributed by atoms with Crippen molar-refractivity contribution in [3.63, 3.8) is 0 Å². The number of hydrogen-bond acceptors (Lipinski definition) is 4. The lowest BCUT2D eigenvalue weighted by atomic mass is 10.2. The molecule has 3 rings (SSSR count). The van der Waals surface area contributed by atoms with Crippen LogP contribution < -0.4 is 0 Å². The van der Waals surface area contributed by atoms with Crippen LogP contribution in [0.4, 0.5) is 0 Å². The van der Waals surface area contributed by atoms with Crippen molar-refractivity contribution in [3.05, 3.63) is 38.0 Å². The lowest BCUT2D eigenvalue weighted by molar-refractivity contribution is 1.17. The number of rotatable bonds is 1. The largest absolute Gasteiger partial charge is 0.246 e. The molecule has 3 aromatic rings. The van der Waals surface area contributed by atoms with Gasteiger partial charge in [0.25, 0.3) is 0 Å². The molecular weight excluding hydrogens is 358 g/mol. The van der Waals surface area contributed by atoms with Crippen molar-refractivity contribution in [1.82, 2.24) is 15.0 Å². The summed E-state index contributed by atoms with van der Waals surface area (Å²) in [5, 5.41) is 2.33. The Morgan fingerprint density at radius 3 is 2.50 bits per heavy atom. The van der Waals surface area contributed by atoms with Gasteiger partial charge in [0.05, 0.1) is 21.1 Å². The molecule has 0 spiro atoms. The van der Waals surface area contributed by atoms with Gasteiger partial charge in [0.2, 0.25) is 0 Å². The van der Waals surface area contributed by atoms with Crippen LogP contribution in [0.2, 0.25) is 5.15 Å². The normalized spacial score (nSPS) is 11.2. The molecule has 2 aromatic heterocycles. The van der Waals surface area contributed by atoms with Crippen LogP contribution >= 0.6 is 38.9 Å². The van der Waals surface area contributed by atoms with Gasteiger partial charge in [0, 0.05) is 9.86 Å². The van der Waals surface area contributed by atoms with Crippen molar-refractivity contribution >= 4 is 49.8 Å². The predicted molar refractivity (Wildman–Crippen MR) is 87.6 cm³/mol. The first-order valence-corrected chi connectivity index (χ1v) is 8.02. The zero-order valence-electron chi connectivity index (χ0n) is 11.2. The molecule has 3 nitrogen and oxygen atoms in total. The van der Waals surface area contributed by atoms with E-state index in [0.29, 0.717) is 11.0 Å². The lowest BCUT2D eigenvalue weighted by Crippen LogP contribution is -1.93. The first-order chi connectivity index (χ1) is 9.45. The van der Waals surface area contributed by atoms with Crippen LogP contribution in [0.1, 0.15) is 16.3 Å². The Hall–Kier alpha value is -1.04. The number of halogens is 2. The third kappa shape index (κ3) is 2.34. The molecule has 0 saturated heterocycles. The summed E-state index contributed by atoms with van der Waals surface area (Å²) in [4.78, 5) is 14.5. The van der Waals surface area contributed by atoms with E-state index >= 15 is 0 Å². The molecule has 6 heteroatoms. The average Bonchev–Trinajstić information content (AvgIpc) is 2.69. The second-order valence-corrected chi connectivity index (χ2v) is 7.04. The van der Waals surface area contributed by atoms with Gasteiger partial charge in [-0.2, -0.15) is 0 Å². The van der Waals surface area contributed by atoms with Gasteiger partial charge in [-0.15, -0.1) is 11.3 Å². The maximum Gasteiger partial charge on any atom is 0.173 e. The van der Waals surface area contributed by atoms with Crippen LogP contribution in [0.25, 0.3) is 21.6 Å². The van der Waals surface area contributed by atoms with Gasteiger partial charge in [-0.3, -0.25) is 0 Å². The Labute approximate surface area is 134 Å². The van der Waals surface area contributed by atoms with Crippen molar-refractivity contribution in [2.75, 3.05) is 0 Å². The Bertz CT molecular complexity index is 829. The minimum atomic E-state index is 0.472. The molecule has 0 aliphatic rings. The first kappa shape index (κ1) is 13.9. The number of aryl methyl sites for hydroxylation is 3. The molecule has 0 amide bonds. The van der Waals surface area contributed by atoms with E-state index in [-0.39, 0.29) is 0 Å². The molecule has 0 aliphatic carbocycles. The molecule has 0 bridgehead atoms. The predicted octanol–water partition coefficient (Wildman–Crippen LogP) is 5.09. The average molecular weight is 369 g/mol. The standard InChI is InChI=1S/C14H11BrClN3S/c1-6-4-9-11(10(15)5-6)18-14(19-13(9)16)12-7(2)17-8(3)20-12/h4-5H,1-3H3. The number of thiazole rings is 1. The molecular formula is C14H11BrClN3S. The Kier molecular flexibility index (Phi) is 3.52. The summed E-state index contributed by atoms with van der Waals surface area (Å²) in [7, 11) is 0. The molecule has 102 valence electrons. The number of benzene rings is 1. The topological polar surface area (TPSA) is 38.7 Å². The summed E-state index contributed by atoms with van der Waals surface area (Å²) in [5.41, 5.74) is 2.88. The van der Waals surface area contributed by atoms with Gasteiger partial charge in [0.15, 0.2) is 5.82 Å². The highest BCUT2D eigenvalue weighted by Crippen LogP contribution is 2.33. The number of nitrogens with zero attached hydrogens (tertiary/aromatic N) is 3. The third-order valence-corrected chi connectivity index (χ3v) is 4.92. The van der Waals surface area contributed by atoms with E-state index in [1.54, 1.807) is 11.3 Å². The smallest absolute Gasteiger partial charge is 0.173 e. The highest BCUT2D eigenvalue weighted by molar-refractivity contribution is 9.10. The van der Waals surface area contributed by atoms with Gasteiger partial charge in [-0.05, 0) is 54.4 Å². The summed E-state index contributed by atoms with van der Waals surface area (Å²) < 4.78 is 0.928. The number of aromatic nitrogens is 3. The van der Waals surface area contributed by atoms with Crippen molar-refractivity contribution in [2.45, 2.75) is 20.8 Å². The van der Waals surface area contributed by atoms with Crippen molar-refractivity contribution in [1.29, 1.82) is 0 Å². The maximum atomic E-state index is 6.33. The van der Waals surface area contributed by atoms with Crippen molar-refractivity contribution < 1.29 is 0 Å². The molecule has 2 heterocycles. The lowest BCUT2D eigenvalue weighted by Gasteiger charge is -2.06. The molecule has 0 saturated carbocycles. The summed E-state index contributed by atoms with van der Waals surface area (Å²) in [5.74, 6) is 0.634. The second kappa shape index (κ2) is 5.06. The molecule has 0 unspecified atom stereocenters. The molecule has 0 atom stereocenters. The van der Waals surface area contributed by atoms with Gasteiger partial charge >= 0.3 is 0 Å². The Balaban J connectivity index is 2.32. The van der Waals surface area contributed by atoms with E-state index in [0.717, 1.165) is 36.5 Å². The van der Waals surface area contributed by atoms with Gasteiger partial charge in [-0.1, -0.05) is 11.6 Å². The van der Waals surface area contributed by atoms with Crippen LogP contribution in [-0.2, 0) is 0 Å². The molecule has 0 N–H and O–H groups in total. The van der Waals surface area contributed by atoms with E-state index in [4.69, 9.17) is 11.6 Å². The van der Waals surface area contributed by atoms with Gasteiger partial charge < -0.3 is 0 Å². The quantitative estimate of drug-likeness (QED) is 0.561. The SMILES string of the molecule is Cc1cc(Br)c2nc(-c3sc(C)nc3C)nc(Cl)c2c1. The Morgan fingerprint density at radius 2 is 1.85 bits per heavy atom. The fourth-order valence-electron chi connectivity index (χ4n) is 2.13. The van der Waals surface area contributed by atoms with E-state index < -0.39 is 0 Å². The summed E-state index contributed by atoms with van der Waals surface area (Å²) in [6, 6.07) is 4.03. The monoisotopic (exact) mass is 367 g/mol. The number of fused-ring (bicyclic) bond motifs is 1. The minimum absolute atomic E-state index is 0.472. The van der Waals surface area contributed by atoms with E-state index in [1.165, 1.54) is 0 Å². The van der Waals surface area contributed by atoms with Crippen LogP contribution in [0.15, 0.2) is 16.6 Å². The molecule has 20 heavy (non-hydrogen) atoms. The van der Waals surface area contributed by atoms with E-state index in [2.05, 4.69) is 30.9 Å². The first-order valence-electron chi connectivity index (χ1n) is 6.03. The summed E-state index contributed by atoms with van der Waals surface area (Å²) in [6.45, 7) is 5.96. The molecule has 0 aliphatic heterocycles. The third-order valence-electron chi connectivity index (χ3n) is 2.96. The zero-order valence-corrected chi connectivity index (χ0v) is 14.3. The molecule has 0 radical (unpaired) electrons. The van der Waals surface area contributed by atoms with E-state index in [9.17, 15) is 0 Å². The van der Waals surface area contributed by atoms with Crippen LogP contribution in [0, 0.1) is 20.8 Å². The van der Waals surface area contributed by atoms with E-state index in [1.807, 2.05) is 32.9 Å². The van der Waals surface area contributed by atoms with Crippen LogP contribution in [0.5, 0.6) is 0 Å². The van der Waals surface area contributed by atoms with Crippen LogP contribution in [-0.4, -0.2) is 15.0 Å². The van der Waals surface area contributed by atoms with Crippen LogP contribution in [0.3, 0.4) is 0 Å². The maximum absolute atomic E-state index is 6.33. The molecule has 1 aromatic carbocycles. The Morgan fingerprint density at radius 1 is 1.10 bits per heavy atom. The van der Waals surface area contributed by atoms with Crippen molar-refractivity contribution in [3.8, 4) is 10.7 Å². The zero-order chi connectivity index (χ0) is 14.4.